The first kappa shape index (κ1) is 14.3. The van der Waals surface area contributed by atoms with E-state index in [1.165, 1.54) is 0 Å². The molecule has 0 radical (unpaired) electrons. The number of ether oxygens (including phenoxy) is 1. The Morgan fingerprint density at radius 3 is 2.72 bits per heavy atom. The van der Waals surface area contributed by atoms with Gasteiger partial charge in [-0.25, -0.2) is 4.79 Å². The van der Waals surface area contributed by atoms with Gasteiger partial charge in [0.25, 0.3) is 0 Å². The van der Waals surface area contributed by atoms with Gasteiger partial charge in [-0.1, -0.05) is 6.07 Å². The van der Waals surface area contributed by atoms with Gasteiger partial charge in [0.15, 0.2) is 0 Å². The van der Waals surface area contributed by atoms with Crippen molar-refractivity contribution in [2.75, 3.05) is 30.9 Å². The monoisotopic (exact) mass is 252 g/mol. The number of carboxylic acid groups (broad SMARTS) is 1. The number of aromatic carboxylic acids is 1. The molecule has 0 spiro atoms. The Balaban J connectivity index is 3.23. The lowest BCUT2D eigenvalue weighted by Crippen LogP contribution is -2.37. The molecule has 100 valence electrons. The fraction of sp³-hybridized carbons (Fsp3) is 0.462. The SMILES string of the molecule is CCN(c1c(N)cccc1C(=O)O)C(C)COC. The second kappa shape index (κ2) is 6.26. The summed E-state index contributed by atoms with van der Waals surface area (Å²) in [5, 5.41) is 9.23. The molecule has 0 amide bonds. The highest BCUT2D eigenvalue weighted by molar-refractivity contribution is 5.98. The molecule has 5 heteroatoms. The van der Waals surface area contributed by atoms with Crippen LogP contribution < -0.4 is 10.6 Å². The Bertz CT molecular complexity index is 421. The van der Waals surface area contributed by atoms with Crippen LogP contribution in [0.5, 0.6) is 0 Å². The summed E-state index contributed by atoms with van der Waals surface area (Å²) in [6.45, 7) is 5.12. The third kappa shape index (κ3) is 2.92. The number of para-hydroxylation sites is 1. The minimum atomic E-state index is -0.972. The van der Waals surface area contributed by atoms with Crippen LogP contribution >= 0.6 is 0 Å². The number of methoxy groups -OCH3 is 1. The smallest absolute Gasteiger partial charge is 0.337 e. The summed E-state index contributed by atoms with van der Waals surface area (Å²) < 4.78 is 5.12. The Morgan fingerprint density at radius 1 is 1.56 bits per heavy atom. The lowest BCUT2D eigenvalue weighted by Gasteiger charge is -2.31. The van der Waals surface area contributed by atoms with Gasteiger partial charge >= 0.3 is 5.97 Å². The summed E-state index contributed by atoms with van der Waals surface area (Å²) in [6, 6.07) is 4.99. The van der Waals surface area contributed by atoms with Crippen molar-refractivity contribution in [2.45, 2.75) is 19.9 Å². The van der Waals surface area contributed by atoms with Crippen molar-refractivity contribution in [3.63, 3.8) is 0 Å². The lowest BCUT2D eigenvalue weighted by molar-refractivity contribution is 0.0697. The van der Waals surface area contributed by atoms with Crippen LogP contribution in [-0.2, 0) is 4.74 Å². The molecule has 1 atom stereocenters. The highest BCUT2D eigenvalue weighted by Gasteiger charge is 2.21. The molecule has 18 heavy (non-hydrogen) atoms. The number of carboxylic acids is 1. The van der Waals surface area contributed by atoms with Crippen molar-refractivity contribution in [1.82, 2.24) is 0 Å². The largest absolute Gasteiger partial charge is 0.478 e. The molecule has 0 heterocycles. The number of hydrogen-bond acceptors (Lipinski definition) is 4. The van der Waals surface area contributed by atoms with Gasteiger partial charge in [0.05, 0.1) is 23.5 Å². The summed E-state index contributed by atoms with van der Waals surface area (Å²) in [4.78, 5) is 13.2. The fourth-order valence-corrected chi connectivity index (χ4v) is 2.08. The van der Waals surface area contributed by atoms with E-state index in [4.69, 9.17) is 10.5 Å². The summed E-state index contributed by atoms with van der Waals surface area (Å²) >= 11 is 0. The predicted octanol–water partition coefficient (Wildman–Crippen LogP) is 1.83. The summed E-state index contributed by atoms with van der Waals surface area (Å²) in [7, 11) is 1.62. The molecule has 0 aliphatic rings. The average Bonchev–Trinajstić information content (AvgIpc) is 2.32. The molecular formula is C13H20N2O3. The molecule has 0 aliphatic carbocycles. The zero-order valence-electron chi connectivity index (χ0n) is 11.0. The molecule has 0 aromatic heterocycles. The molecule has 5 nitrogen and oxygen atoms in total. The van der Waals surface area contributed by atoms with Crippen LogP contribution in [0.3, 0.4) is 0 Å². The van der Waals surface area contributed by atoms with Crippen LogP contribution in [0.25, 0.3) is 0 Å². The van der Waals surface area contributed by atoms with E-state index in [-0.39, 0.29) is 11.6 Å². The minimum absolute atomic E-state index is 0.0581. The number of hydrogen-bond donors (Lipinski definition) is 2. The van der Waals surface area contributed by atoms with Crippen LogP contribution in [-0.4, -0.2) is 37.4 Å². The number of likely N-dealkylation sites (N-methyl/N-ethyl adjacent to an activating group) is 1. The molecule has 0 bridgehead atoms. The maximum absolute atomic E-state index is 11.3. The van der Waals surface area contributed by atoms with Crippen molar-refractivity contribution in [3.8, 4) is 0 Å². The molecule has 0 saturated heterocycles. The van der Waals surface area contributed by atoms with Crippen LogP contribution in [0, 0.1) is 0 Å². The van der Waals surface area contributed by atoms with Crippen LogP contribution in [0.2, 0.25) is 0 Å². The highest BCUT2D eigenvalue weighted by Crippen LogP contribution is 2.29. The number of carbonyl (C=O) groups is 1. The summed E-state index contributed by atoms with van der Waals surface area (Å²) in [5.74, 6) is -0.972. The number of anilines is 2. The molecule has 1 aromatic rings. The number of nitrogens with two attached hydrogens (primary N) is 1. The van der Waals surface area contributed by atoms with Gasteiger partial charge in [-0.15, -0.1) is 0 Å². The molecule has 0 aliphatic heterocycles. The van der Waals surface area contributed by atoms with Gasteiger partial charge in [0.2, 0.25) is 0 Å². The fourth-order valence-electron chi connectivity index (χ4n) is 2.08. The normalized spacial score (nSPS) is 12.2. The topological polar surface area (TPSA) is 75.8 Å². The first-order valence-corrected chi connectivity index (χ1v) is 5.90. The van der Waals surface area contributed by atoms with Crippen molar-refractivity contribution >= 4 is 17.3 Å². The standard InChI is InChI=1S/C13H20N2O3/c1-4-15(9(2)8-18-3)12-10(13(16)17)6-5-7-11(12)14/h5-7,9H,4,8,14H2,1-3H3,(H,16,17). The molecule has 1 aromatic carbocycles. The van der Waals surface area contributed by atoms with Crippen molar-refractivity contribution < 1.29 is 14.6 Å². The molecule has 1 rings (SSSR count). The summed E-state index contributed by atoms with van der Waals surface area (Å²) in [6.07, 6.45) is 0. The van der Waals surface area contributed by atoms with Gasteiger partial charge in [-0.2, -0.15) is 0 Å². The number of nitrogen functional groups attached to an aromatic ring is 1. The molecule has 0 fully saturated rings. The molecule has 1 unspecified atom stereocenters. The van der Waals surface area contributed by atoms with Crippen molar-refractivity contribution in [1.29, 1.82) is 0 Å². The molecular weight excluding hydrogens is 232 g/mol. The number of nitrogens with zero attached hydrogens (tertiary/aromatic N) is 1. The van der Waals surface area contributed by atoms with Crippen molar-refractivity contribution in [3.05, 3.63) is 23.8 Å². The van der Waals surface area contributed by atoms with E-state index in [1.807, 2.05) is 18.7 Å². The Kier molecular flexibility index (Phi) is 4.97. The second-order valence-corrected chi connectivity index (χ2v) is 4.14. The van der Waals surface area contributed by atoms with E-state index in [0.717, 1.165) is 0 Å². The Labute approximate surface area is 107 Å². The van der Waals surface area contributed by atoms with E-state index >= 15 is 0 Å². The molecule has 0 saturated carbocycles. The Morgan fingerprint density at radius 2 is 2.22 bits per heavy atom. The third-order valence-electron chi connectivity index (χ3n) is 2.87. The van der Waals surface area contributed by atoms with Crippen LogP contribution in [0.15, 0.2) is 18.2 Å². The maximum Gasteiger partial charge on any atom is 0.337 e. The van der Waals surface area contributed by atoms with E-state index in [9.17, 15) is 9.90 Å². The summed E-state index contributed by atoms with van der Waals surface area (Å²) in [5.41, 5.74) is 7.18. The van der Waals surface area contributed by atoms with Crippen LogP contribution in [0.4, 0.5) is 11.4 Å². The lowest BCUT2D eigenvalue weighted by atomic mass is 10.1. The first-order valence-electron chi connectivity index (χ1n) is 5.90. The zero-order chi connectivity index (χ0) is 13.7. The van der Waals surface area contributed by atoms with E-state index in [1.54, 1.807) is 25.3 Å². The van der Waals surface area contributed by atoms with Gasteiger partial charge in [-0.3, -0.25) is 0 Å². The average molecular weight is 252 g/mol. The molecule has 3 N–H and O–H groups in total. The minimum Gasteiger partial charge on any atom is -0.478 e. The van der Waals surface area contributed by atoms with Gasteiger partial charge in [-0.05, 0) is 26.0 Å². The number of benzene rings is 1. The van der Waals surface area contributed by atoms with Crippen molar-refractivity contribution in [2.24, 2.45) is 0 Å². The zero-order valence-corrected chi connectivity index (χ0v) is 11.0. The third-order valence-corrected chi connectivity index (χ3v) is 2.87. The maximum atomic E-state index is 11.3. The highest BCUT2D eigenvalue weighted by atomic mass is 16.5. The predicted molar refractivity (Wildman–Crippen MR) is 72.2 cm³/mol. The van der Waals surface area contributed by atoms with Gasteiger partial charge < -0.3 is 20.5 Å². The van der Waals surface area contributed by atoms with E-state index in [0.29, 0.717) is 24.5 Å². The van der Waals surface area contributed by atoms with E-state index in [2.05, 4.69) is 0 Å². The quantitative estimate of drug-likeness (QED) is 0.755. The second-order valence-electron chi connectivity index (χ2n) is 4.14. The first-order chi connectivity index (χ1) is 8.52. The van der Waals surface area contributed by atoms with Gasteiger partial charge in [0.1, 0.15) is 0 Å². The van der Waals surface area contributed by atoms with Gasteiger partial charge in [0, 0.05) is 19.7 Å². The van der Waals surface area contributed by atoms with E-state index < -0.39 is 5.97 Å². The van der Waals surface area contributed by atoms with Crippen LogP contribution in [0.1, 0.15) is 24.2 Å². The Hall–Kier alpha value is -1.75. The number of rotatable bonds is 6.